The van der Waals surface area contributed by atoms with Gasteiger partial charge in [0.25, 0.3) is 0 Å². The van der Waals surface area contributed by atoms with Crippen LogP contribution in [0.1, 0.15) is 25.8 Å². The Morgan fingerprint density at radius 3 is 2.64 bits per heavy atom. The van der Waals surface area contributed by atoms with Gasteiger partial charge in [0.15, 0.2) is 0 Å². The fourth-order valence-corrected chi connectivity index (χ4v) is 1.82. The lowest BCUT2D eigenvalue weighted by atomic mass is 10.2. The van der Waals surface area contributed by atoms with Crippen molar-refractivity contribution in [3.05, 3.63) is 35.2 Å². The van der Waals surface area contributed by atoms with Crippen LogP contribution in [0.3, 0.4) is 0 Å². The Kier molecular flexibility index (Phi) is 5.35. The monoisotopic (exact) mass is 324 g/mol. The first-order valence-corrected chi connectivity index (χ1v) is 7.15. The molecule has 0 aliphatic heterocycles. The van der Waals surface area contributed by atoms with E-state index in [1.54, 1.807) is 38.1 Å². The Bertz CT molecular complexity index is 629. The highest BCUT2D eigenvalue weighted by Crippen LogP contribution is 2.20. The summed E-state index contributed by atoms with van der Waals surface area (Å²) in [4.78, 5) is 15.9. The molecule has 0 aliphatic rings. The van der Waals surface area contributed by atoms with Crippen molar-refractivity contribution in [2.75, 3.05) is 6.61 Å². The number of rotatable bonds is 5. The van der Waals surface area contributed by atoms with Gasteiger partial charge in [0.05, 0.1) is 12.6 Å². The molecular formula is C14H17ClN4O3. The molecular weight excluding hydrogens is 308 g/mol. The fourth-order valence-electron chi connectivity index (χ4n) is 1.70. The van der Waals surface area contributed by atoms with Gasteiger partial charge >= 0.3 is 6.03 Å². The summed E-state index contributed by atoms with van der Waals surface area (Å²) in [7, 11) is 0. The van der Waals surface area contributed by atoms with Gasteiger partial charge < -0.3 is 20.3 Å². The summed E-state index contributed by atoms with van der Waals surface area (Å²) in [6, 6.07) is 5.82. The molecule has 22 heavy (non-hydrogen) atoms. The highest BCUT2D eigenvalue weighted by molar-refractivity contribution is 6.30. The Morgan fingerprint density at radius 1 is 1.32 bits per heavy atom. The molecule has 1 heterocycles. The van der Waals surface area contributed by atoms with Crippen LogP contribution < -0.4 is 10.6 Å². The van der Waals surface area contributed by atoms with Crippen molar-refractivity contribution in [2.45, 2.75) is 25.9 Å². The number of urea groups is 1. The minimum absolute atomic E-state index is 0.136. The van der Waals surface area contributed by atoms with Crippen LogP contribution in [0.15, 0.2) is 28.8 Å². The van der Waals surface area contributed by atoms with Crippen molar-refractivity contribution in [3.8, 4) is 11.4 Å². The third kappa shape index (κ3) is 4.19. The van der Waals surface area contributed by atoms with Crippen molar-refractivity contribution in [1.29, 1.82) is 0 Å². The number of halogens is 1. The van der Waals surface area contributed by atoms with E-state index in [2.05, 4.69) is 20.8 Å². The number of hydrogen-bond donors (Lipinski definition) is 3. The maximum atomic E-state index is 11.7. The Labute approximate surface area is 132 Å². The van der Waals surface area contributed by atoms with Gasteiger partial charge in [0.2, 0.25) is 11.7 Å². The number of aliphatic hydroxyl groups is 1. The molecule has 0 radical (unpaired) electrons. The van der Waals surface area contributed by atoms with E-state index in [9.17, 15) is 4.79 Å². The highest BCUT2D eigenvalue weighted by atomic mass is 35.5. The molecule has 8 heteroatoms. The Balaban J connectivity index is 2.01. The van der Waals surface area contributed by atoms with Crippen molar-refractivity contribution >= 4 is 17.6 Å². The molecule has 2 unspecified atom stereocenters. The van der Waals surface area contributed by atoms with E-state index in [0.29, 0.717) is 10.8 Å². The number of amides is 2. The van der Waals surface area contributed by atoms with Crippen LogP contribution in [0.5, 0.6) is 0 Å². The van der Waals surface area contributed by atoms with Crippen molar-refractivity contribution in [2.24, 2.45) is 0 Å². The van der Waals surface area contributed by atoms with Crippen molar-refractivity contribution in [3.63, 3.8) is 0 Å². The molecule has 0 saturated carbocycles. The van der Waals surface area contributed by atoms with Gasteiger partial charge in [-0.3, -0.25) is 0 Å². The normalized spacial score (nSPS) is 13.5. The predicted octanol–water partition coefficient (Wildman–Crippen LogP) is 2.13. The molecule has 0 bridgehead atoms. The molecule has 1 aromatic carbocycles. The number of aliphatic hydroxyl groups excluding tert-OH is 1. The van der Waals surface area contributed by atoms with Gasteiger partial charge in [-0.25, -0.2) is 4.79 Å². The SMILES string of the molecule is CC(CO)NC(=O)NC(C)c1nc(-c2ccc(Cl)cc2)no1. The van der Waals surface area contributed by atoms with Gasteiger partial charge in [-0.2, -0.15) is 4.98 Å². The molecule has 0 aliphatic carbocycles. The third-order valence-corrected chi connectivity index (χ3v) is 3.17. The number of carbonyl (C=O) groups excluding carboxylic acids is 1. The maximum absolute atomic E-state index is 11.7. The lowest BCUT2D eigenvalue weighted by Crippen LogP contribution is -2.43. The van der Waals surface area contributed by atoms with Crippen LogP contribution in [-0.2, 0) is 0 Å². The topological polar surface area (TPSA) is 100 Å². The second-order valence-electron chi connectivity index (χ2n) is 4.89. The summed E-state index contributed by atoms with van der Waals surface area (Å²) in [5.74, 6) is 0.709. The Morgan fingerprint density at radius 2 is 2.00 bits per heavy atom. The molecule has 118 valence electrons. The summed E-state index contributed by atoms with van der Waals surface area (Å²) in [6.45, 7) is 3.28. The minimum atomic E-state index is -0.459. The second kappa shape index (κ2) is 7.24. The largest absolute Gasteiger partial charge is 0.394 e. The van der Waals surface area contributed by atoms with Crippen molar-refractivity contribution < 1.29 is 14.4 Å². The van der Waals surface area contributed by atoms with Crippen LogP contribution >= 0.6 is 11.6 Å². The zero-order valence-electron chi connectivity index (χ0n) is 12.2. The fraction of sp³-hybridized carbons (Fsp3) is 0.357. The first-order chi connectivity index (χ1) is 10.5. The summed E-state index contributed by atoms with van der Waals surface area (Å²) in [5.41, 5.74) is 0.768. The van der Waals surface area contributed by atoms with Crippen LogP contribution in [0.25, 0.3) is 11.4 Å². The number of benzene rings is 1. The molecule has 0 spiro atoms. The maximum Gasteiger partial charge on any atom is 0.315 e. The quantitative estimate of drug-likeness (QED) is 0.782. The number of hydrogen-bond acceptors (Lipinski definition) is 5. The van der Waals surface area contributed by atoms with Crippen LogP contribution in [0, 0.1) is 0 Å². The average Bonchev–Trinajstić information content (AvgIpc) is 2.97. The van der Waals surface area contributed by atoms with Gasteiger partial charge in [0, 0.05) is 10.6 Å². The first-order valence-electron chi connectivity index (χ1n) is 6.77. The van der Waals surface area contributed by atoms with E-state index in [4.69, 9.17) is 21.2 Å². The van der Waals surface area contributed by atoms with Crippen LogP contribution in [0.2, 0.25) is 5.02 Å². The van der Waals surface area contributed by atoms with Crippen LogP contribution in [0.4, 0.5) is 4.79 Å². The highest BCUT2D eigenvalue weighted by Gasteiger charge is 2.18. The first kappa shape index (κ1) is 16.3. The predicted molar refractivity (Wildman–Crippen MR) is 81.4 cm³/mol. The van der Waals surface area contributed by atoms with E-state index in [0.717, 1.165) is 5.56 Å². The lowest BCUT2D eigenvalue weighted by molar-refractivity contribution is 0.215. The summed E-state index contributed by atoms with van der Waals surface area (Å²) < 4.78 is 5.16. The van der Waals surface area contributed by atoms with Gasteiger partial charge in [-0.05, 0) is 38.1 Å². The molecule has 2 atom stereocenters. The summed E-state index contributed by atoms with van der Waals surface area (Å²) >= 11 is 5.83. The van der Waals surface area contributed by atoms with E-state index < -0.39 is 12.1 Å². The molecule has 7 nitrogen and oxygen atoms in total. The summed E-state index contributed by atoms with van der Waals surface area (Å²) in [5, 5.41) is 18.6. The molecule has 2 aromatic rings. The third-order valence-electron chi connectivity index (χ3n) is 2.91. The zero-order chi connectivity index (χ0) is 16.1. The molecule has 0 saturated heterocycles. The van der Waals surface area contributed by atoms with E-state index in [1.165, 1.54) is 0 Å². The summed E-state index contributed by atoms with van der Waals surface area (Å²) in [6.07, 6.45) is 0. The number of carbonyl (C=O) groups is 1. The molecule has 3 N–H and O–H groups in total. The van der Waals surface area contributed by atoms with E-state index in [-0.39, 0.29) is 18.5 Å². The molecule has 0 fully saturated rings. The van der Waals surface area contributed by atoms with Gasteiger partial charge in [-0.15, -0.1) is 0 Å². The lowest BCUT2D eigenvalue weighted by Gasteiger charge is -2.14. The average molecular weight is 325 g/mol. The van der Waals surface area contributed by atoms with Crippen molar-refractivity contribution in [1.82, 2.24) is 20.8 Å². The number of nitrogens with one attached hydrogen (secondary N) is 2. The van der Waals surface area contributed by atoms with Gasteiger partial charge in [-0.1, -0.05) is 16.8 Å². The zero-order valence-corrected chi connectivity index (χ0v) is 13.0. The van der Waals surface area contributed by atoms with E-state index in [1.807, 2.05) is 0 Å². The standard InChI is InChI=1S/C14H17ClN4O3/c1-8(7-20)16-14(21)17-9(2)13-18-12(19-22-13)10-3-5-11(15)6-4-10/h3-6,8-9,20H,7H2,1-2H3,(H2,16,17,21). The molecule has 2 amide bonds. The molecule has 1 aromatic heterocycles. The van der Waals surface area contributed by atoms with Crippen LogP contribution in [-0.4, -0.2) is 33.9 Å². The van der Waals surface area contributed by atoms with E-state index >= 15 is 0 Å². The second-order valence-corrected chi connectivity index (χ2v) is 5.32. The Hall–Kier alpha value is -2.12. The van der Waals surface area contributed by atoms with Gasteiger partial charge in [0.1, 0.15) is 6.04 Å². The number of nitrogens with zero attached hydrogens (tertiary/aromatic N) is 2. The smallest absolute Gasteiger partial charge is 0.315 e. The number of aromatic nitrogens is 2. The molecule has 2 rings (SSSR count). The minimum Gasteiger partial charge on any atom is -0.394 e.